The molecule has 14 heavy (non-hydrogen) atoms. The number of hydrogen-bond acceptors (Lipinski definition) is 3. The lowest BCUT2D eigenvalue weighted by atomic mass is 10.3. The summed E-state index contributed by atoms with van der Waals surface area (Å²) >= 11 is 5.41. The Hall–Kier alpha value is -1.01. The second-order valence-electron chi connectivity index (χ2n) is 2.28. The molecular weight excluding hydrogens is 223 g/mol. The van der Waals surface area contributed by atoms with Crippen molar-refractivity contribution in [2.24, 2.45) is 0 Å². The van der Waals surface area contributed by atoms with Crippen LogP contribution in [-0.4, -0.2) is 16.5 Å². The van der Waals surface area contributed by atoms with E-state index in [1.165, 1.54) is 0 Å². The minimum absolute atomic E-state index is 0.0106. The van der Waals surface area contributed by atoms with Gasteiger partial charge >= 0.3 is 6.36 Å². The maximum absolute atomic E-state index is 11.8. The molecule has 0 aromatic carbocycles. The van der Waals surface area contributed by atoms with E-state index in [4.69, 9.17) is 16.7 Å². The number of hydrogen-bond donors (Lipinski definition) is 1. The van der Waals surface area contributed by atoms with Crippen LogP contribution < -0.4 is 4.74 Å². The number of aliphatic hydroxyl groups is 1. The molecule has 1 heterocycles. The van der Waals surface area contributed by atoms with Crippen LogP contribution >= 0.6 is 11.6 Å². The van der Waals surface area contributed by atoms with E-state index in [2.05, 4.69) is 9.72 Å². The molecule has 0 bridgehead atoms. The van der Waals surface area contributed by atoms with Crippen LogP contribution in [0.15, 0.2) is 12.1 Å². The maximum atomic E-state index is 11.8. The number of pyridine rings is 1. The standard InChI is InChI=1S/C7H5ClF3NO2/c8-6-2-1-5(4(3-13)12-6)14-7(9,10)11/h1-2,13H,3H2. The Labute approximate surface area is 82.1 Å². The predicted octanol–water partition coefficient (Wildman–Crippen LogP) is 2.13. The lowest BCUT2D eigenvalue weighted by Gasteiger charge is -2.11. The molecule has 0 unspecified atom stereocenters. The largest absolute Gasteiger partial charge is 0.573 e. The molecule has 1 aromatic rings. The zero-order valence-corrected chi connectivity index (χ0v) is 7.43. The molecule has 78 valence electrons. The third-order valence-corrected chi connectivity index (χ3v) is 1.48. The van der Waals surface area contributed by atoms with Crippen molar-refractivity contribution in [2.45, 2.75) is 13.0 Å². The summed E-state index contributed by atoms with van der Waals surface area (Å²) in [6.07, 6.45) is -4.81. The SMILES string of the molecule is OCc1nc(Cl)ccc1OC(F)(F)F. The van der Waals surface area contributed by atoms with Crippen LogP contribution in [0.25, 0.3) is 0 Å². The summed E-state index contributed by atoms with van der Waals surface area (Å²) in [4.78, 5) is 3.47. The number of halogens is 4. The van der Waals surface area contributed by atoms with E-state index in [9.17, 15) is 13.2 Å². The highest BCUT2D eigenvalue weighted by Gasteiger charge is 2.32. The number of rotatable bonds is 2. The van der Waals surface area contributed by atoms with Crippen molar-refractivity contribution >= 4 is 11.6 Å². The third-order valence-electron chi connectivity index (χ3n) is 1.27. The third kappa shape index (κ3) is 3.04. The molecule has 0 radical (unpaired) electrons. The molecule has 0 fully saturated rings. The molecule has 0 aliphatic rings. The van der Waals surface area contributed by atoms with Gasteiger partial charge in [0.15, 0.2) is 5.75 Å². The summed E-state index contributed by atoms with van der Waals surface area (Å²) in [5, 5.41) is 8.66. The average molecular weight is 228 g/mol. The lowest BCUT2D eigenvalue weighted by Crippen LogP contribution is -2.18. The average Bonchev–Trinajstić information content (AvgIpc) is 2.06. The minimum Gasteiger partial charge on any atom is -0.404 e. The summed E-state index contributed by atoms with van der Waals surface area (Å²) in [5.74, 6) is -0.551. The number of aromatic nitrogens is 1. The number of aliphatic hydroxyl groups excluding tert-OH is 1. The van der Waals surface area contributed by atoms with Gasteiger partial charge in [0.05, 0.1) is 6.61 Å². The summed E-state index contributed by atoms with van der Waals surface area (Å²) in [5.41, 5.74) is -0.255. The summed E-state index contributed by atoms with van der Waals surface area (Å²) in [6, 6.07) is 2.14. The molecule has 0 atom stereocenters. The predicted molar refractivity (Wildman–Crippen MR) is 41.9 cm³/mol. The Morgan fingerprint density at radius 2 is 2.07 bits per heavy atom. The Morgan fingerprint density at radius 3 is 2.57 bits per heavy atom. The van der Waals surface area contributed by atoms with Crippen LogP contribution in [0.2, 0.25) is 5.15 Å². The van der Waals surface area contributed by atoms with Gasteiger partial charge in [-0.05, 0) is 12.1 Å². The van der Waals surface area contributed by atoms with Gasteiger partial charge in [0, 0.05) is 0 Å². The van der Waals surface area contributed by atoms with E-state index in [1.54, 1.807) is 0 Å². The fourth-order valence-corrected chi connectivity index (χ4v) is 0.958. The molecule has 3 nitrogen and oxygen atoms in total. The van der Waals surface area contributed by atoms with Crippen LogP contribution in [0.5, 0.6) is 5.75 Å². The summed E-state index contributed by atoms with van der Waals surface area (Å²) in [6.45, 7) is -0.675. The van der Waals surface area contributed by atoms with Gasteiger partial charge in [0.25, 0.3) is 0 Å². The van der Waals surface area contributed by atoms with Gasteiger partial charge in [-0.1, -0.05) is 11.6 Å². The van der Waals surface area contributed by atoms with E-state index in [-0.39, 0.29) is 10.8 Å². The van der Waals surface area contributed by atoms with Crippen molar-refractivity contribution in [1.82, 2.24) is 4.98 Å². The molecule has 1 aromatic heterocycles. The lowest BCUT2D eigenvalue weighted by molar-refractivity contribution is -0.275. The molecular formula is C7H5ClF3NO2. The van der Waals surface area contributed by atoms with E-state index < -0.39 is 18.7 Å². The quantitative estimate of drug-likeness (QED) is 0.787. The first-order valence-electron chi connectivity index (χ1n) is 3.44. The van der Waals surface area contributed by atoms with Crippen LogP contribution in [0.4, 0.5) is 13.2 Å². The monoisotopic (exact) mass is 227 g/mol. The van der Waals surface area contributed by atoms with Gasteiger partial charge in [-0.25, -0.2) is 4.98 Å². The van der Waals surface area contributed by atoms with Crippen molar-refractivity contribution in [3.8, 4) is 5.75 Å². The second-order valence-corrected chi connectivity index (χ2v) is 2.67. The first kappa shape index (κ1) is 11.1. The topological polar surface area (TPSA) is 42.4 Å². The number of ether oxygens (including phenoxy) is 1. The highest BCUT2D eigenvalue weighted by Crippen LogP contribution is 2.26. The van der Waals surface area contributed by atoms with Crippen molar-refractivity contribution in [2.75, 3.05) is 0 Å². The normalized spacial score (nSPS) is 11.5. The van der Waals surface area contributed by atoms with E-state index in [0.717, 1.165) is 12.1 Å². The Kier molecular flexibility index (Phi) is 3.17. The van der Waals surface area contributed by atoms with Crippen molar-refractivity contribution in [3.63, 3.8) is 0 Å². The molecule has 0 saturated carbocycles. The zero-order valence-electron chi connectivity index (χ0n) is 6.68. The van der Waals surface area contributed by atoms with Crippen molar-refractivity contribution in [1.29, 1.82) is 0 Å². The highest BCUT2D eigenvalue weighted by atomic mass is 35.5. The van der Waals surface area contributed by atoms with Gasteiger partial charge in [-0.2, -0.15) is 0 Å². The molecule has 1 rings (SSSR count). The fraction of sp³-hybridized carbons (Fsp3) is 0.286. The Bertz CT molecular complexity index is 329. The molecule has 7 heteroatoms. The minimum atomic E-state index is -4.81. The van der Waals surface area contributed by atoms with Gasteiger partial charge in [0.1, 0.15) is 10.8 Å². The van der Waals surface area contributed by atoms with Gasteiger partial charge in [-0.3, -0.25) is 0 Å². The smallest absolute Gasteiger partial charge is 0.404 e. The van der Waals surface area contributed by atoms with E-state index in [0.29, 0.717) is 0 Å². The first-order valence-corrected chi connectivity index (χ1v) is 3.82. The molecule has 1 N–H and O–H groups in total. The fourth-order valence-electron chi connectivity index (χ4n) is 0.793. The number of nitrogens with zero attached hydrogens (tertiary/aromatic N) is 1. The molecule has 0 aliphatic heterocycles. The van der Waals surface area contributed by atoms with Crippen LogP contribution in [0.1, 0.15) is 5.69 Å². The summed E-state index contributed by atoms with van der Waals surface area (Å²) in [7, 11) is 0. The van der Waals surface area contributed by atoms with Gasteiger partial charge < -0.3 is 9.84 Å². The van der Waals surface area contributed by atoms with E-state index >= 15 is 0 Å². The molecule has 0 aliphatic carbocycles. The Balaban J connectivity index is 2.97. The first-order chi connectivity index (χ1) is 6.42. The Morgan fingerprint density at radius 1 is 1.43 bits per heavy atom. The summed E-state index contributed by atoms with van der Waals surface area (Å²) < 4.78 is 39.0. The second kappa shape index (κ2) is 4.02. The number of alkyl halides is 3. The molecule has 0 spiro atoms. The van der Waals surface area contributed by atoms with Crippen LogP contribution in [-0.2, 0) is 6.61 Å². The van der Waals surface area contributed by atoms with Crippen molar-refractivity contribution < 1.29 is 23.0 Å². The van der Waals surface area contributed by atoms with Gasteiger partial charge in [0.2, 0.25) is 0 Å². The van der Waals surface area contributed by atoms with Crippen LogP contribution in [0, 0.1) is 0 Å². The van der Waals surface area contributed by atoms with Gasteiger partial charge in [-0.15, -0.1) is 13.2 Å². The van der Waals surface area contributed by atoms with E-state index in [1.807, 2.05) is 0 Å². The van der Waals surface area contributed by atoms with Crippen molar-refractivity contribution in [3.05, 3.63) is 23.0 Å². The zero-order chi connectivity index (χ0) is 10.8. The molecule has 0 saturated heterocycles. The van der Waals surface area contributed by atoms with Crippen LogP contribution in [0.3, 0.4) is 0 Å². The molecule has 0 amide bonds. The maximum Gasteiger partial charge on any atom is 0.573 e. The highest BCUT2D eigenvalue weighted by molar-refractivity contribution is 6.29.